The van der Waals surface area contributed by atoms with E-state index in [0.29, 0.717) is 16.3 Å². The number of thiophene rings is 1. The molecule has 2 aliphatic rings. The van der Waals surface area contributed by atoms with E-state index in [1.165, 1.54) is 24.2 Å². The summed E-state index contributed by atoms with van der Waals surface area (Å²) in [5, 5.41) is 3.54. The highest BCUT2D eigenvalue weighted by Crippen LogP contribution is 2.34. The highest BCUT2D eigenvalue weighted by Gasteiger charge is 2.39. The Hall–Kier alpha value is 0.0500. The smallest absolute Gasteiger partial charge is 0.252 e. The number of rotatable bonds is 3. The molecule has 2 atom stereocenters. The number of sulfonamides is 1. The van der Waals surface area contributed by atoms with E-state index in [4.69, 9.17) is 0 Å². The molecule has 2 fully saturated rings. The number of halogens is 1. The number of nitrogens with one attached hydrogen (secondary N) is 1. The van der Waals surface area contributed by atoms with Gasteiger partial charge in [-0.15, -0.1) is 11.3 Å². The van der Waals surface area contributed by atoms with Crippen molar-refractivity contribution in [3.8, 4) is 0 Å². The Morgan fingerprint density at radius 2 is 1.95 bits per heavy atom. The van der Waals surface area contributed by atoms with Crippen LogP contribution in [0.25, 0.3) is 0 Å². The molecule has 1 N–H and O–H groups in total. The zero-order valence-corrected chi connectivity index (χ0v) is 13.9. The van der Waals surface area contributed by atoms with Crippen LogP contribution in [0.3, 0.4) is 0 Å². The van der Waals surface area contributed by atoms with Crippen LogP contribution in [0.4, 0.5) is 0 Å². The van der Waals surface area contributed by atoms with Crippen molar-refractivity contribution in [1.82, 2.24) is 9.62 Å². The highest BCUT2D eigenvalue weighted by atomic mass is 79.9. The van der Waals surface area contributed by atoms with Crippen LogP contribution >= 0.6 is 27.3 Å². The van der Waals surface area contributed by atoms with Crippen LogP contribution in [-0.2, 0) is 10.0 Å². The van der Waals surface area contributed by atoms with Crippen LogP contribution < -0.4 is 5.32 Å². The molecule has 1 aromatic rings. The number of hydrogen-bond acceptors (Lipinski definition) is 4. The normalized spacial score (nSPS) is 31.0. The average Bonchev–Trinajstić information content (AvgIpc) is 2.95. The fourth-order valence-corrected chi connectivity index (χ4v) is 6.67. The Bertz CT molecular complexity index is 560. The van der Waals surface area contributed by atoms with Crippen molar-refractivity contribution >= 4 is 37.3 Å². The summed E-state index contributed by atoms with van der Waals surface area (Å²) in [4.78, 5) is 0. The summed E-state index contributed by atoms with van der Waals surface area (Å²) in [6.45, 7) is 0. The van der Waals surface area contributed by atoms with Gasteiger partial charge in [-0.3, -0.25) is 0 Å². The van der Waals surface area contributed by atoms with Crippen molar-refractivity contribution in [2.75, 3.05) is 7.05 Å². The lowest BCUT2D eigenvalue weighted by molar-refractivity contribution is 0.252. The molecule has 0 aliphatic carbocycles. The Kier molecular flexibility index (Phi) is 3.77. The van der Waals surface area contributed by atoms with Crippen molar-refractivity contribution in [3.05, 3.63) is 15.9 Å². The van der Waals surface area contributed by atoms with Gasteiger partial charge in [0.25, 0.3) is 10.0 Å². The molecule has 2 saturated heterocycles. The van der Waals surface area contributed by atoms with Gasteiger partial charge in [-0.05, 0) is 53.7 Å². The fourth-order valence-electron chi connectivity index (χ4n) is 3.10. The Morgan fingerprint density at radius 3 is 2.47 bits per heavy atom. The van der Waals surface area contributed by atoms with E-state index < -0.39 is 10.0 Å². The molecule has 2 bridgehead atoms. The lowest BCUT2D eigenvalue weighted by Gasteiger charge is -2.34. The van der Waals surface area contributed by atoms with Gasteiger partial charge in [0.1, 0.15) is 4.21 Å². The second-order valence-corrected chi connectivity index (χ2v) is 10.0. The molecule has 0 radical (unpaired) electrons. The summed E-state index contributed by atoms with van der Waals surface area (Å²) in [5.41, 5.74) is 0. The SMILES string of the molecule is CN(C1CC2CCC(C1)N2)S(=O)(=O)c1ccc(Br)s1. The molecular weight excluding hydrogens is 348 g/mol. The number of piperidine rings is 1. The molecule has 3 heterocycles. The largest absolute Gasteiger partial charge is 0.311 e. The van der Waals surface area contributed by atoms with Gasteiger partial charge in [-0.25, -0.2) is 8.42 Å². The second-order valence-electron chi connectivity index (χ2n) is 5.34. The van der Waals surface area contributed by atoms with Gasteiger partial charge in [0, 0.05) is 25.2 Å². The van der Waals surface area contributed by atoms with Gasteiger partial charge in [0.2, 0.25) is 0 Å². The Labute approximate surface area is 126 Å². The van der Waals surface area contributed by atoms with Gasteiger partial charge < -0.3 is 5.32 Å². The molecule has 1 aromatic heterocycles. The van der Waals surface area contributed by atoms with Crippen LogP contribution in [0.2, 0.25) is 0 Å². The topological polar surface area (TPSA) is 49.4 Å². The van der Waals surface area contributed by atoms with Crippen molar-refractivity contribution in [1.29, 1.82) is 0 Å². The van der Waals surface area contributed by atoms with E-state index in [2.05, 4.69) is 21.2 Å². The van der Waals surface area contributed by atoms with Crippen LogP contribution in [0.1, 0.15) is 25.7 Å². The number of hydrogen-bond donors (Lipinski definition) is 1. The van der Waals surface area contributed by atoms with E-state index in [1.807, 2.05) is 0 Å². The van der Waals surface area contributed by atoms with Crippen molar-refractivity contribution in [2.45, 2.75) is 48.0 Å². The highest BCUT2D eigenvalue weighted by molar-refractivity contribution is 9.11. The summed E-state index contributed by atoms with van der Waals surface area (Å²) in [7, 11) is -1.62. The Balaban J connectivity index is 1.81. The predicted octanol–water partition coefficient (Wildman–Crippen LogP) is 2.41. The van der Waals surface area contributed by atoms with Crippen LogP contribution in [0.5, 0.6) is 0 Å². The molecule has 2 aliphatic heterocycles. The first-order valence-electron chi connectivity index (χ1n) is 6.46. The summed E-state index contributed by atoms with van der Waals surface area (Å²) >= 11 is 4.60. The van der Waals surface area contributed by atoms with Gasteiger partial charge in [-0.1, -0.05) is 0 Å². The van der Waals surface area contributed by atoms with Crippen molar-refractivity contribution < 1.29 is 8.42 Å². The molecular formula is C12H17BrN2O2S2. The van der Waals surface area contributed by atoms with Crippen LogP contribution in [0, 0.1) is 0 Å². The summed E-state index contributed by atoms with van der Waals surface area (Å²) < 4.78 is 28.0. The van der Waals surface area contributed by atoms with Gasteiger partial charge >= 0.3 is 0 Å². The first-order chi connectivity index (χ1) is 8.96. The van der Waals surface area contributed by atoms with Crippen molar-refractivity contribution in [2.24, 2.45) is 0 Å². The van der Waals surface area contributed by atoms with Crippen LogP contribution in [0.15, 0.2) is 20.1 Å². The summed E-state index contributed by atoms with van der Waals surface area (Å²) in [6.07, 6.45) is 4.22. The van der Waals surface area contributed by atoms with Crippen LogP contribution in [-0.4, -0.2) is 37.9 Å². The molecule has 0 amide bonds. The number of fused-ring (bicyclic) bond motifs is 2. The van der Waals surface area contributed by atoms with Gasteiger partial charge in [0.15, 0.2) is 0 Å². The predicted molar refractivity (Wildman–Crippen MR) is 79.9 cm³/mol. The zero-order valence-electron chi connectivity index (χ0n) is 10.7. The third-order valence-corrected chi connectivity index (χ3v) is 8.15. The molecule has 0 aromatic carbocycles. The van der Waals surface area contributed by atoms with E-state index in [-0.39, 0.29) is 6.04 Å². The molecule has 2 unspecified atom stereocenters. The monoisotopic (exact) mass is 364 g/mol. The standard InChI is InChI=1S/C12H17BrN2O2S2/c1-15(10-6-8-2-3-9(7-10)14-8)19(16,17)12-5-4-11(13)18-12/h4-5,8-10,14H,2-3,6-7H2,1H3. The van der Waals surface area contributed by atoms with Crippen molar-refractivity contribution in [3.63, 3.8) is 0 Å². The lowest BCUT2D eigenvalue weighted by Crippen LogP contribution is -2.48. The molecule has 3 rings (SSSR count). The Morgan fingerprint density at radius 1 is 1.32 bits per heavy atom. The minimum atomic E-state index is -3.34. The second kappa shape index (κ2) is 5.11. The quantitative estimate of drug-likeness (QED) is 0.895. The summed E-state index contributed by atoms with van der Waals surface area (Å²) in [6, 6.07) is 4.59. The first kappa shape index (κ1) is 14.0. The molecule has 0 spiro atoms. The maximum absolute atomic E-state index is 12.6. The van der Waals surface area contributed by atoms with E-state index in [1.54, 1.807) is 23.5 Å². The first-order valence-corrected chi connectivity index (χ1v) is 9.51. The number of nitrogens with zero attached hydrogens (tertiary/aromatic N) is 1. The minimum Gasteiger partial charge on any atom is -0.311 e. The van der Waals surface area contributed by atoms with Gasteiger partial charge in [0.05, 0.1) is 3.79 Å². The fraction of sp³-hybridized carbons (Fsp3) is 0.667. The molecule has 19 heavy (non-hydrogen) atoms. The molecule has 106 valence electrons. The molecule has 0 saturated carbocycles. The maximum atomic E-state index is 12.6. The van der Waals surface area contributed by atoms with E-state index in [0.717, 1.165) is 16.6 Å². The molecule has 7 heteroatoms. The minimum absolute atomic E-state index is 0.129. The lowest BCUT2D eigenvalue weighted by atomic mass is 10.0. The third kappa shape index (κ3) is 2.63. The maximum Gasteiger partial charge on any atom is 0.252 e. The average molecular weight is 365 g/mol. The van der Waals surface area contributed by atoms with E-state index >= 15 is 0 Å². The van der Waals surface area contributed by atoms with Gasteiger partial charge in [-0.2, -0.15) is 4.31 Å². The zero-order chi connectivity index (χ0) is 13.6. The third-order valence-electron chi connectivity index (χ3n) is 4.14. The molecule has 4 nitrogen and oxygen atoms in total. The summed E-state index contributed by atoms with van der Waals surface area (Å²) in [5.74, 6) is 0. The van der Waals surface area contributed by atoms with E-state index in [9.17, 15) is 8.42 Å².